The normalized spacial score (nSPS) is 33.4. The lowest BCUT2D eigenvalue weighted by molar-refractivity contribution is -0.122. The number of fused-ring (bicyclic) bond motifs is 1. The van der Waals surface area contributed by atoms with Crippen molar-refractivity contribution in [3.05, 3.63) is 24.3 Å². The van der Waals surface area contributed by atoms with Crippen molar-refractivity contribution in [2.45, 2.75) is 22.5 Å². The number of amides is 2. The van der Waals surface area contributed by atoms with E-state index in [0.717, 1.165) is 4.90 Å². The first-order valence-electron chi connectivity index (χ1n) is 6.44. The number of anilines is 1. The molecule has 1 N–H and O–H groups in total. The number of phenolic OH excluding ortho intramolecular Hbond substituents is 1. The monoisotopic (exact) mass is 401 g/mol. The zero-order valence-corrected chi connectivity index (χ0v) is 13.7. The van der Waals surface area contributed by atoms with E-state index < -0.39 is 0 Å². The second kappa shape index (κ2) is 5.15. The van der Waals surface area contributed by atoms with Gasteiger partial charge in [-0.15, -0.1) is 0 Å². The number of para-hydroxylation sites is 2. The first-order chi connectivity index (χ1) is 9.50. The van der Waals surface area contributed by atoms with E-state index in [4.69, 9.17) is 0 Å². The SMILES string of the molecule is O=C1[C@@H]2C[C@@H](Br)[C@@H](Br)C[C@H]2C(=O)N1c1ccccc1O. The standard InChI is InChI=1S/C14H13Br2NO3/c15-9-5-7-8(6-10(9)16)14(20)17(13(7)19)11-3-1-2-4-12(11)18/h1-4,7-10,18H,5-6H2/t7-,8-,9-,10+/m1/s1. The number of benzene rings is 1. The molecule has 4 atom stereocenters. The Morgan fingerprint density at radius 1 is 1.00 bits per heavy atom. The number of phenols is 1. The summed E-state index contributed by atoms with van der Waals surface area (Å²) in [5.74, 6) is -1.03. The van der Waals surface area contributed by atoms with Crippen LogP contribution in [0.4, 0.5) is 5.69 Å². The van der Waals surface area contributed by atoms with Gasteiger partial charge >= 0.3 is 0 Å². The van der Waals surface area contributed by atoms with Gasteiger partial charge in [0.25, 0.3) is 0 Å². The van der Waals surface area contributed by atoms with Crippen LogP contribution >= 0.6 is 31.9 Å². The van der Waals surface area contributed by atoms with Crippen molar-refractivity contribution in [3.63, 3.8) is 0 Å². The molecule has 0 aromatic heterocycles. The molecule has 1 aromatic rings. The van der Waals surface area contributed by atoms with Gasteiger partial charge in [-0.3, -0.25) is 9.59 Å². The number of rotatable bonds is 1. The fourth-order valence-electron chi connectivity index (χ4n) is 2.99. The second-order valence-corrected chi connectivity index (χ2v) is 7.57. The number of carbonyl (C=O) groups is 2. The molecule has 106 valence electrons. The quantitative estimate of drug-likeness (QED) is 0.580. The minimum Gasteiger partial charge on any atom is -0.506 e. The van der Waals surface area contributed by atoms with E-state index in [1.807, 2.05) is 0 Å². The topological polar surface area (TPSA) is 57.6 Å². The molecule has 0 radical (unpaired) electrons. The molecule has 0 spiro atoms. The Morgan fingerprint density at radius 2 is 1.50 bits per heavy atom. The molecule has 0 bridgehead atoms. The summed E-state index contributed by atoms with van der Waals surface area (Å²) in [5, 5.41) is 9.88. The summed E-state index contributed by atoms with van der Waals surface area (Å²) in [6.45, 7) is 0. The van der Waals surface area contributed by atoms with Gasteiger partial charge in [0, 0.05) is 9.65 Å². The lowest BCUT2D eigenvalue weighted by atomic mass is 9.81. The summed E-state index contributed by atoms with van der Waals surface area (Å²) in [7, 11) is 0. The predicted molar refractivity (Wildman–Crippen MR) is 82.2 cm³/mol. The highest BCUT2D eigenvalue weighted by atomic mass is 79.9. The Labute approximate surface area is 133 Å². The molecular weight excluding hydrogens is 390 g/mol. The third-order valence-electron chi connectivity index (χ3n) is 4.03. The first-order valence-corrected chi connectivity index (χ1v) is 8.27. The van der Waals surface area contributed by atoms with Crippen LogP contribution in [0.25, 0.3) is 0 Å². The van der Waals surface area contributed by atoms with Crippen LogP contribution in [-0.4, -0.2) is 26.6 Å². The third-order valence-corrected chi connectivity index (χ3v) is 6.77. The van der Waals surface area contributed by atoms with Crippen LogP contribution in [-0.2, 0) is 9.59 Å². The van der Waals surface area contributed by atoms with E-state index in [0.29, 0.717) is 12.8 Å². The highest BCUT2D eigenvalue weighted by molar-refractivity contribution is 9.12. The second-order valence-electron chi connectivity index (χ2n) is 5.22. The number of hydrogen-bond donors (Lipinski definition) is 1. The number of alkyl halides is 2. The van der Waals surface area contributed by atoms with Gasteiger partial charge in [0.2, 0.25) is 11.8 Å². The van der Waals surface area contributed by atoms with Crippen molar-refractivity contribution in [2.24, 2.45) is 11.8 Å². The number of nitrogens with zero attached hydrogens (tertiary/aromatic N) is 1. The average Bonchev–Trinajstić information content (AvgIpc) is 2.64. The number of hydrogen-bond acceptors (Lipinski definition) is 3. The number of halogens is 2. The molecule has 4 nitrogen and oxygen atoms in total. The van der Waals surface area contributed by atoms with Crippen molar-refractivity contribution < 1.29 is 14.7 Å². The summed E-state index contributed by atoms with van der Waals surface area (Å²) in [5.41, 5.74) is 0.286. The van der Waals surface area contributed by atoms with Gasteiger partial charge in [0.15, 0.2) is 0 Å². The lowest BCUT2D eigenvalue weighted by Gasteiger charge is -2.29. The van der Waals surface area contributed by atoms with Crippen molar-refractivity contribution >= 4 is 49.4 Å². The zero-order chi connectivity index (χ0) is 14.4. The maximum atomic E-state index is 12.5. The van der Waals surface area contributed by atoms with Crippen LogP contribution < -0.4 is 4.90 Å². The molecule has 1 aliphatic heterocycles. The van der Waals surface area contributed by atoms with Crippen molar-refractivity contribution in [3.8, 4) is 5.75 Å². The van der Waals surface area contributed by atoms with Crippen molar-refractivity contribution in [1.82, 2.24) is 0 Å². The Morgan fingerprint density at radius 3 is 2.00 bits per heavy atom. The first kappa shape index (κ1) is 14.1. The predicted octanol–water partition coefficient (Wildman–Crippen LogP) is 2.82. The summed E-state index contributed by atoms with van der Waals surface area (Å²) >= 11 is 7.10. The summed E-state index contributed by atoms with van der Waals surface area (Å²) < 4.78 is 0. The van der Waals surface area contributed by atoms with Crippen LogP contribution in [0.15, 0.2) is 24.3 Å². The van der Waals surface area contributed by atoms with E-state index in [2.05, 4.69) is 31.9 Å². The lowest BCUT2D eigenvalue weighted by Crippen LogP contribution is -2.34. The van der Waals surface area contributed by atoms with Gasteiger partial charge < -0.3 is 5.11 Å². The maximum absolute atomic E-state index is 12.5. The number of aromatic hydroxyl groups is 1. The van der Waals surface area contributed by atoms with E-state index in [-0.39, 0.29) is 44.7 Å². The van der Waals surface area contributed by atoms with Gasteiger partial charge in [0.05, 0.1) is 17.5 Å². The van der Waals surface area contributed by atoms with Crippen LogP contribution in [0.1, 0.15) is 12.8 Å². The van der Waals surface area contributed by atoms with E-state index >= 15 is 0 Å². The number of carbonyl (C=O) groups excluding carboxylic acids is 2. The maximum Gasteiger partial charge on any atom is 0.237 e. The summed E-state index contributed by atoms with van der Waals surface area (Å²) in [6, 6.07) is 6.45. The fraction of sp³-hybridized carbons (Fsp3) is 0.429. The average molecular weight is 403 g/mol. The van der Waals surface area contributed by atoms with Crippen LogP contribution in [0, 0.1) is 11.8 Å². The summed E-state index contributed by atoms with van der Waals surface area (Å²) in [4.78, 5) is 26.5. The molecule has 1 aromatic carbocycles. The van der Waals surface area contributed by atoms with E-state index in [9.17, 15) is 14.7 Å². The Kier molecular flexibility index (Phi) is 3.62. The highest BCUT2D eigenvalue weighted by Gasteiger charge is 2.52. The molecule has 1 saturated heterocycles. The van der Waals surface area contributed by atoms with E-state index in [1.54, 1.807) is 18.2 Å². The minimum absolute atomic E-state index is 0.0429. The molecule has 6 heteroatoms. The molecule has 2 fully saturated rings. The zero-order valence-electron chi connectivity index (χ0n) is 10.5. The van der Waals surface area contributed by atoms with Gasteiger partial charge in [-0.05, 0) is 25.0 Å². The molecule has 1 saturated carbocycles. The molecule has 2 aliphatic rings. The Hall–Kier alpha value is -0.880. The molecule has 1 aliphatic carbocycles. The molecule has 20 heavy (non-hydrogen) atoms. The smallest absolute Gasteiger partial charge is 0.237 e. The molecule has 1 heterocycles. The van der Waals surface area contributed by atoms with Crippen LogP contribution in [0.5, 0.6) is 5.75 Å². The van der Waals surface area contributed by atoms with Crippen LogP contribution in [0.3, 0.4) is 0 Å². The van der Waals surface area contributed by atoms with Crippen molar-refractivity contribution in [2.75, 3.05) is 4.90 Å². The van der Waals surface area contributed by atoms with Gasteiger partial charge in [0.1, 0.15) is 5.75 Å². The Balaban J connectivity index is 1.97. The molecule has 2 amide bonds. The third kappa shape index (κ3) is 2.09. The highest BCUT2D eigenvalue weighted by Crippen LogP contribution is 2.45. The summed E-state index contributed by atoms with van der Waals surface area (Å²) in [6.07, 6.45) is 1.27. The molecule has 3 rings (SSSR count). The van der Waals surface area contributed by atoms with Crippen molar-refractivity contribution in [1.29, 1.82) is 0 Å². The molecular formula is C14H13Br2NO3. The van der Waals surface area contributed by atoms with Crippen LogP contribution in [0.2, 0.25) is 0 Å². The van der Waals surface area contributed by atoms with E-state index in [1.165, 1.54) is 6.07 Å². The van der Waals surface area contributed by atoms with Gasteiger partial charge in [-0.2, -0.15) is 0 Å². The minimum atomic E-state index is -0.291. The van der Waals surface area contributed by atoms with Gasteiger partial charge in [-0.25, -0.2) is 4.90 Å². The molecule has 0 unspecified atom stereocenters. The fourth-order valence-corrected chi connectivity index (χ4v) is 4.22. The Bertz CT molecular complexity index is 549. The van der Waals surface area contributed by atoms with Gasteiger partial charge in [-0.1, -0.05) is 44.0 Å². The largest absolute Gasteiger partial charge is 0.506 e. The number of imide groups is 1.